The third-order valence-corrected chi connectivity index (χ3v) is 5.14. The first-order valence-electron chi connectivity index (χ1n) is 8.61. The molecule has 26 heavy (non-hydrogen) atoms. The van der Waals surface area contributed by atoms with Crippen LogP contribution >= 0.6 is 11.8 Å². The van der Waals surface area contributed by atoms with E-state index in [4.69, 9.17) is 0 Å². The zero-order chi connectivity index (χ0) is 18.5. The highest BCUT2D eigenvalue weighted by Gasteiger charge is 2.11. The fraction of sp³-hybridized carbons (Fsp3) is 0.238. The van der Waals surface area contributed by atoms with Crippen molar-refractivity contribution in [2.75, 3.05) is 11.1 Å². The van der Waals surface area contributed by atoms with E-state index in [0.29, 0.717) is 5.75 Å². The van der Waals surface area contributed by atoms with Crippen molar-refractivity contribution in [3.63, 3.8) is 0 Å². The summed E-state index contributed by atoms with van der Waals surface area (Å²) >= 11 is 1.43. The van der Waals surface area contributed by atoms with Crippen LogP contribution in [0.2, 0.25) is 0 Å². The largest absolute Gasteiger partial charge is 0.337 e. The number of aryl methyl sites for hydroxylation is 3. The molecule has 5 heteroatoms. The Morgan fingerprint density at radius 3 is 2.42 bits per heavy atom. The van der Waals surface area contributed by atoms with Gasteiger partial charge in [0, 0.05) is 17.8 Å². The van der Waals surface area contributed by atoms with Crippen molar-refractivity contribution in [2.45, 2.75) is 32.3 Å². The third kappa shape index (κ3) is 4.55. The summed E-state index contributed by atoms with van der Waals surface area (Å²) in [6.45, 7) is 6.02. The molecular formula is C21H23N3OS. The Morgan fingerprint density at radius 1 is 1.04 bits per heavy atom. The average Bonchev–Trinajstić information content (AvgIpc) is 2.97. The van der Waals surface area contributed by atoms with Crippen LogP contribution < -0.4 is 5.32 Å². The van der Waals surface area contributed by atoms with E-state index in [9.17, 15) is 4.79 Å². The monoisotopic (exact) mass is 365 g/mol. The van der Waals surface area contributed by atoms with Crippen LogP contribution in [0.4, 0.5) is 5.69 Å². The van der Waals surface area contributed by atoms with Crippen LogP contribution in [-0.2, 0) is 11.2 Å². The van der Waals surface area contributed by atoms with Gasteiger partial charge in [0.15, 0.2) is 5.16 Å². The summed E-state index contributed by atoms with van der Waals surface area (Å²) in [5.41, 5.74) is 6.34. The van der Waals surface area contributed by atoms with E-state index in [-0.39, 0.29) is 5.91 Å². The summed E-state index contributed by atoms with van der Waals surface area (Å²) in [4.78, 5) is 20.2. The molecule has 1 heterocycles. The quantitative estimate of drug-likeness (QED) is 0.625. The maximum absolute atomic E-state index is 12.3. The Hall–Kier alpha value is -2.53. The number of benzene rings is 2. The molecule has 2 N–H and O–H groups in total. The molecule has 0 bridgehead atoms. The minimum Gasteiger partial charge on any atom is -0.337 e. The molecule has 0 unspecified atom stereocenters. The Labute approximate surface area is 158 Å². The molecule has 0 aliphatic heterocycles. The molecule has 1 amide bonds. The highest BCUT2D eigenvalue weighted by Crippen LogP contribution is 2.22. The van der Waals surface area contributed by atoms with Gasteiger partial charge in [-0.05, 0) is 37.5 Å². The summed E-state index contributed by atoms with van der Waals surface area (Å²) in [5.74, 6) is 0.303. The topological polar surface area (TPSA) is 57.8 Å². The summed E-state index contributed by atoms with van der Waals surface area (Å²) in [6, 6.07) is 16.3. The van der Waals surface area contributed by atoms with Gasteiger partial charge < -0.3 is 10.3 Å². The predicted molar refractivity (Wildman–Crippen MR) is 108 cm³/mol. The molecule has 0 fully saturated rings. The highest BCUT2D eigenvalue weighted by molar-refractivity contribution is 7.99. The van der Waals surface area contributed by atoms with Gasteiger partial charge >= 0.3 is 0 Å². The molecule has 0 aliphatic rings. The van der Waals surface area contributed by atoms with Crippen molar-refractivity contribution in [1.82, 2.24) is 9.97 Å². The molecule has 0 atom stereocenters. The fourth-order valence-corrected chi connectivity index (χ4v) is 3.56. The molecule has 1 aromatic heterocycles. The molecule has 0 saturated carbocycles. The lowest BCUT2D eigenvalue weighted by Crippen LogP contribution is -2.15. The van der Waals surface area contributed by atoms with Gasteiger partial charge in [-0.1, -0.05) is 60.3 Å². The van der Waals surface area contributed by atoms with Crippen LogP contribution in [0.1, 0.15) is 28.1 Å². The van der Waals surface area contributed by atoms with Crippen LogP contribution in [0.5, 0.6) is 0 Å². The van der Waals surface area contributed by atoms with Gasteiger partial charge in [0.2, 0.25) is 5.91 Å². The van der Waals surface area contributed by atoms with E-state index in [0.717, 1.165) is 39.8 Å². The van der Waals surface area contributed by atoms with Crippen LogP contribution in [0.15, 0.2) is 53.7 Å². The maximum Gasteiger partial charge on any atom is 0.234 e. The van der Waals surface area contributed by atoms with Crippen LogP contribution in [0.25, 0.3) is 0 Å². The molecule has 4 nitrogen and oxygen atoms in total. The number of hydrogen-bond donors (Lipinski definition) is 2. The smallest absolute Gasteiger partial charge is 0.234 e. The highest BCUT2D eigenvalue weighted by atomic mass is 32.2. The second-order valence-corrected chi connectivity index (χ2v) is 7.34. The Bertz CT molecular complexity index is 883. The third-order valence-electron chi connectivity index (χ3n) is 4.26. The lowest BCUT2D eigenvalue weighted by Gasteiger charge is -2.10. The number of aromatic amines is 1. The molecule has 0 aliphatic carbocycles. The Balaban J connectivity index is 1.60. The molecule has 0 radical (unpaired) electrons. The van der Waals surface area contributed by atoms with Gasteiger partial charge in [-0.25, -0.2) is 4.98 Å². The number of carbonyl (C=O) groups excluding carboxylic acids is 1. The molecule has 0 saturated heterocycles. The van der Waals surface area contributed by atoms with Crippen molar-refractivity contribution < 1.29 is 4.79 Å². The maximum atomic E-state index is 12.3. The number of nitrogens with zero attached hydrogens (tertiary/aromatic N) is 1. The normalized spacial score (nSPS) is 10.7. The van der Waals surface area contributed by atoms with Gasteiger partial charge in [-0.3, -0.25) is 4.79 Å². The first kappa shape index (κ1) is 18.3. The van der Waals surface area contributed by atoms with Crippen molar-refractivity contribution >= 4 is 23.4 Å². The lowest BCUT2D eigenvalue weighted by atomic mass is 10.1. The van der Waals surface area contributed by atoms with Gasteiger partial charge in [-0.2, -0.15) is 0 Å². The second kappa shape index (κ2) is 8.23. The van der Waals surface area contributed by atoms with E-state index in [1.807, 2.05) is 57.2 Å². The summed E-state index contributed by atoms with van der Waals surface area (Å²) in [6.07, 6.45) is 0.790. The molecule has 3 rings (SSSR count). The number of hydrogen-bond acceptors (Lipinski definition) is 3. The Kier molecular flexibility index (Phi) is 5.78. The van der Waals surface area contributed by atoms with Gasteiger partial charge in [0.25, 0.3) is 0 Å². The average molecular weight is 366 g/mol. The first-order valence-corrected chi connectivity index (χ1v) is 9.60. The van der Waals surface area contributed by atoms with Crippen LogP contribution in [0.3, 0.4) is 0 Å². The van der Waals surface area contributed by atoms with E-state index in [2.05, 4.69) is 27.4 Å². The Morgan fingerprint density at radius 2 is 1.73 bits per heavy atom. The SMILES string of the molecule is Cc1cccc(C)c1NC(=O)CSc1nc(Cc2ccccc2)c(C)[nH]1. The van der Waals surface area contributed by atoms with Gasteiger partial charge in [0.05, 0.1) is 11.4 Å². The van der Waals surface area contributed by atoms with Crippen molar-refractivity contribution in [3.8, 4) is 0 Å². The minimum atomic E-state index is -0.0222. The zero-order valence-corrected chi connectivity index (χ0v) is 16.1. The molecule has 3 aromatic rings. The van der Waals surface area contributed by atoms with Gasteiger partial charge in [-0.15, -0.1) is 0 Å². The minimum absolute atomic E-state index is 0.0222. The lowest BCUT2D eigenvalue weighted by molar-refractivity contribution is -0.113. The summed E-state index contributed by atoms with van der Waals surface area (Å²) in [5, 5.41) is 3.79. The summed E-state index contributed by atoms with van der Waals surface area (Å²) in [7, 11) is 0. The number of H-pyrrole nitrogens is 1. The number of amides is 1. The van der Waals surface area contributed by atoms with Crippen LogP contribution in [-0.4, -0.2) is 21.6 Å². The van der Waals surface area contributed by atoms with Crippen molar-refractivity contribution in [3.05, 3.63) is 76.6 Å². The van der Waals surface area contributed by atoms with E-state index >= 15 is 0 Å². The summed E-state index contributed by atoms with van der Waals surface area (Å²) < 4.78 is 0. The fourth-order valence-electron chi connectivity index (χ4n) is 2.82. The second-order valence-electron chi connectivity index (χ2n) is 6.38. The number of nitrogens with one attached hydrogen (secondary N) is 2. The molecular weight excluding hydrogens is 342 g/mol. The van der Waals surface area contributed by atoms with Crippen LogP contribution in [0, 0.1) is 20.8 Å². The predicted octanol–water partition coefficient (Wildman–Crippen LogP) is 4.66. The van der Waals surface area contributed by atoms with Crippen molar-refractivity contribution in [2.24, 2.45) is 0 Å². The number of anilines is 1. The van der Waals surface area contributed by atoms with E-state index < -0.39 is 0 Å². The first-order chi connectivity index (χ1) is 12.5. The molecule has 0 spiro atoms. The number of imidazole rings is 1. The number of rotatable bonds is 6. The zero-order valence-electron chi connectivity index (χ0n) is 15.3. The molecule has 134 valence electrons. The van der Waals surface area contributed by atoms with E-state index in [1.54, 1.807) is 0 Å². The number of thioether (sulfide) groups is 1. The molecule has 2 aromatic carbocycles. The van der Waals surface area contributed by atoms with Gasteiger partial charge in [0.1, 0.15) is 0 Å². The number of carbonyl (C=O) groups is 1. The van der Waals surface area contributed by atoms with Crippen molar-refractivity contribution in [1.29, 1.82) is 0 Å². The number of aromatic nitrogens is 2. The van der Waals surface area contributed by atoms with E-state index in [1.165, 1.54) is 17.3 Å². The standard InChI is InChI=1S/C21H23N3OS/c1-14-8-7-9-15(2)20(14)24-19(25)13-26-21-22-16(3)18(23-21)12-17-10-5-4-6-11-17/h4-11H,12-13H2,1-3H3,(H,22,23)(H,24,25). The number of para-hydroxylation sites is 1.